The summed E-state index contributed by atoms with van der Waals surface area (Å²) in [5.74, 6) is 0.289. The fourth-order valence-electron chi connectivity index (χ4n) is 2.48. The van der Waals surface area contributed by atoms with E-state index in [-0.39, 0.29) is 11.6 Å². The minimum Gasteiger partial charge on any atom is -0.463 e. The number of aromatic nitrogens is 4. The first kappa shape index (κ1) is 16.2. The van der Waals surface area contributed by atoms with Crippen molar-refractivity contribution in [1.29, 1.82) is 0 Å². The van der Waals surface area contributed by atoms with Crippen LogP contribution in [0, 0.1) is 0 Å². The lowest BCUT2D eigenvalue weighted by molar-refractivity contribution is 0.102. The van der Waals surface area contributed by atoms with E-state index >= 15 is 0 Å². The highest BCUT2D eigenvalue weighted by Crippen LogP contribution is 2.18. The maximum atomic E-state index is 12.3. The molecule has 1 amide bonds. The highest BCUT2D eigenvalue weighted by Gasteiger charge is 2.13. The number of furan rings is 1. The Bertz CT molecular complexity index is 1020. The largest absolute Gasteiger partial charge is 0.463 e. The first-order valence-electron chi connectivity index (χ1n) is 7.85. The summed E-state index contributed by atoms with van der Waals surface area (Å²) in [6.45, 7) is 0.581. The van der Waals surface area contributed by atoms with Gasteiger partial charge in [-0.2, -0.15) is 10.2 Å². The van der Waals surface area contributed by atoms with Gasteiger partial charge in [-0.05, 0) is 29.8 Å². The van der Waals surface area contributed by atoms with Crippen LogP contribution in [0.1, 0.15) is 16.1 Å². The zero-order valence-corrected chi connectivity index (χ0v) is 14.3. The van der Waals surface area contributed by atoms with Crippen LogP contribution in [0.4, 0.5) is 5.69 Å². The topological polar surface area (TPSA) is 88.7 Å². The van der Waals surface area contributed by atoms with Gasteiger partial charge in [-0.15, -0.1) is 0 Å². The summed E-state index contributed by atoms with van der Waals surface area (Å²) in [5.41, 5.74) is 2.55. The number of carbonyl (C=O) groups excluding carboxylic acids is 1. The van der Waals surface area contributed by atoms with Crippen LogP contribution in [0.25, 0.3) is 11.5 Å². The van der Waals surface area contributed by atoms with Gasteiger partial charge in [0.2, 0.25) is 0 Å². The normalized spacial score (nSPS) is 10.8. The van der Waals surface area contributed by atoms with Crippen LogP contribution in [0.2, 0.25) is 5.02 Å². The Kier molecular flexibility index (Phi) is 4.28. The summed E-state index contributed by atoms with van der Waals surface area (Å²) in [6, 6.07) is 12.7. The van der Waals surface area contributed by atoms with Crippen LogP contribution in [-0.2, 0) is 6.54 Å². The van der Waals surface area contributed by atoms with Crippen molar-refractivity contribution in [2.45, 2.75) is 6.54 Å². The van der Waals surface area contributed by atoms with E-state index in [0.29, 0.717) is 28.7 Å². The number of benzene rings is 1. The number of nitrogens with one attached hydrogen (secondary N) is 2. The van der Waals surface area contributed by atoms with Crippen molar-refractivity contribution in [3.8, 4) is 11.5 Å². The molecule has 0 saturated carbocycles. The third-order valence-electron chi connectivity index (χ3n) is 3.75. The molecule has 8 heteroatoms. The number of hydrogen-bond acceptors (Lipinski definition) is 4. The molecule has 0 spiro atoms. The van der Waals surface area contributed by atoms with E-state index in [1.54, 1.807) is 41.5 Å². The quantitative estimate of drug-likeness (QED) is 0.561. The molecule has 0 atom stereocenters. The van der Waals surface area contributed by atoms with E-state index in [2.05, 4.69) is 20.6 Å². The minimum absolute atomic E-state index is 0.266. The van der Waals surface area contributed by atoms with Crippen LogP contribution in [0.5, 0.6) is 0 Å². The lowest BCUT2D eigenvalue weighted by Gasteiger charge is -2.02. The number of anilines is 1. The van der Waals surface area contributed by atoms with E-state index in [9.17, 15) is 4.79 Å². The predicted molar refractivity (Wildman–Crippen MR) is 97.0 cm³/mol. The van der Waals surface area contributed by atoms with Gasteiger partial charge in [0.15, 0.2) is 11.5 Å². The minimum atomic E-state index is -0.329. The summed E-state index contributed by atoms with van der Waals surface area (Å²) in [5, 5.41) is 14.5. The molecule has 3 heterocycles. The summed E-state index contributed by atoms with van der Waals surface area (Å²) in [4.78, 5) is 12.3. The number of amides is 1. The van der Waals surface area contributed by atoms with Crippen molar-refractivity contribution >= 4 is 23.2 Å². The molecular weight excluding hydrogens is 354 g/mol. The molecule has 2 N–H and O–H groups in total. The Balaban J connectivity index is 1.42. The Labute approximate surface area is 153 Å². The van der Waals surface area contributed by atoms with E-state index in [1.165, 1.54) is 0 Å². The molecule has 4 aromatic rings. The third-order valence-corrected chi connectivity index (χ3v) is 4.00. The van der Waals surface area contributed by atoms with Crippen LogP contribution in [0.15, 0.2) is 65.5 Å². The predicted octanol–water partition coefficient (Wildman–Crippen LogP) is 3.82. The maximum absolute atomic E-state index is 12.3. The second kappa shape index (κ2) is 6.89. The zero-order chi connectivity index (χ0) is 17.9. The number of aromatic amines is 1. The van der Waals surface area contributed by atoms with E-state index in [4.69, 9.17) is 16.0 Å². The van der Waals surface area contributed by atoms with Crippen molar-refractivity contribution in [2.24, 2.45) is 0 Å². The molecule has 0 saturated heterocycles. The molecule has 1 aromatic carbocycles. The average Bonchev–Trinajstić information content (AvgIpc) is 3.38. The van der Waals surface area contributed by atoms with Gasteiger partial charge in [0.05, 0.1) is 24.7 Å². The number of nitrogens with zero attached hydrogens (tertiary/aromatic N) is 3. The van der Waals surface area contributed by atoms with Crippen molar-refractivity contribution < 1.29 is 9.21 Å². The smallest absolute Gasteiger partial charge is 0.276 e. The van der Waals surface area contributed by atoms with Crippen LogP contribution >= 0.6 is 11.6 Å². The number of hydrogen-bond donors (Lipinski definition) is 2. The second-order valence-corrected chi connectivity index (χ2v) is 6.09. The molecule has 4 rings (SSSR count). The molecule has 0 radical (unpaired) electrons. The fraction of sp³-hybridized carbons (Fsp3) is 0.0556. The molecule has 0 bridgehead atoms. The SMILES string of the molecule is O=C(Nc1cnn(Cc2ccc(Cl)cc2)c1)c1cc(-c2ccco2)[nH]n1. The van der Waals surface area contributed by atoms with Gasteiger partial charge in [0, 0.05) is 17.3 Å². The molecule has 0 aliphatic rings. The van der Waals surface area contributed by atoms with E-state index < -0.39 is 0 Å². The highest BCUT2D eigenvalue weighted by atomic mass is 35.5. The van der Waals surface area contributed by atoms with E-state index in [0.717, 1.165) is 5.56 Å². The summed E-state index contributed by atoms with van der Waals surface area (Å²) in [7, 11) is 0. The molecule has 7 nitrogen and oxygen atoms in total. The van der Waals surface area contributed by atoms with Gasteiger partial charge in [0.25, 0.3) is 5.91 Å². The summed E-state index contributed by atoms with van der Waals surface area (Å²) >= 11 is 5.88. The Morgan fingerprint density at radius 2 is 2.12 bits per heavy atom. The standard InChI is InChI=1S/C18H14ClN5O2/c19-13-5-3-12(4-6-13)10-24-11-14(9-20-24)21-18(25)16-8-15(22-23-16)17-2-1-7-26-17/h1-9,11H,10H2,(H,21,25)(H,22,23). The van der Waals surface area contributed by atoms with Gasteiger partial charge < -0.3 is 9.73 Å². The molecule has 3 aromatic heterocycles. The molecule has 0 aliphatic carbocycles. The summed E-state index contributed by atoms with van der Waals surface area (Å²) < 4.78 is 7.01. The molecule has 0 unspecified atom stereocenters. The van der Waals surface area contributed by atoms with Gasteiger partial charge in [-0.3, -0.25) is 14.6 Å². The van der Waals surface area contributed by atoms with Crippen molar-refractivity contribution in [3.05, 3.63) is 77.4 Å². The van der Waals surface area contributed by atoms with Crippen LogP contribution < -0.4 is 5.32 Å². The van der Waals surface area contributed by atoms with Gasteiger partial charge in [-0.25, -0.2) is 0 Å². The Morgan fingerprint density at radius 3 is 2.88 bits per heavy atom. The van der Waals surface area contributed by atoms with Crippen molar-refractivity contribution in [2.75, 3.05) is 5.32 Å². The Morgan fingerprint density at radius 1 is 1.27 bits per heavy atom. The number of halogens is 1. The van der Waals surface area contributed by atoms with Crippen LogP contribution in [-0.4, -0.2) is 25.9 Å². The average molecular weight is 368 g/mol. The lowest BCUT2D eigenvalue weighted by atomic mass is 10.2. The number of H-pyrrole nitrogens is 1. The number of rotatable bonds is 5. The molecule has 130 valence electrons. The fourth-order valence-corrected chi connectivity index (χ4v) is 2.61. The molecule has 0 aliphatic heterocycles. The maximum Gasteiger partial charge on any atom is 0.276 e. The van der Waals surface area contributed by atoms with Crippen molar-refractivity contribution in [1.82, 2.24) is 20.0 Å². The lowest BCUT2D eigenvalue weighted by Crippen LogP contribution is -2.11. The van der Waals surface area contributed by atoms with Gasteiger partial charge >= 0.3 is 0 Å². The highest BCUT2D eigenvalue weighted by molar-refractivity contribution is 6.30. The van der Waals surface area contributed by atoms with Gasteiger partial charge in [-0.1, -0.05) is 23.7 Å². The van der Waals surface area contributed by atoms with Gasteiger partial charge in [0.1, 0.15) is 5.69 Å². The zero-order valence-electron chi connectivity index (χ0n) is 13.5. The summed E-state index contributed by atoms with van der Waals surface area (Å²) in [6.07, 6.45) is 4.91. The first-order valence-corrected chi connectivity index (χ1v) is 8.23. The van der Waals surface area contributed by atoms with E-state index in [1.807, 2.05) is 24.3 Å². The number of carbonyl (C=O) groups is 1. The first-order chi connectivity index (χ1) is 12.7. The monoisotopic (exact) mass is 367 g/mol. The molecular formula is C18H14ClN5O2. The second-order valence-electron chi connectivity index (χ2n) is 5.65. The Hall–Kier alpha value is -3.32. The van der Waals surface area contributed by atoms with Crippen LogP contribution in [0.3, 0.4) is 0 Å². The molecule has 0 fully saturated rings. The van der Waals surface area contributed by atoms with Crippen molar-refractivity contribution in [3.63, 3.8) is 0 Å². The molecule has 26 heavy (non-hydrogen) atoms. The third kappa shape index (κ3) is 3.52.